The van der Waals surface area contributed by atoms with Crippen LogP contribution in [-0.4, -0.2) is 15.2 Å². The maximum Gasteiger partial charge on any atom is 0.254 e. The van der Waals surface area contributed by atoms with Gasteiger partial charge >= 0.3 is 0 Å². The number of aromatic nitrogens is 2. The Kier molecular flexibility index (Phi) is 4.87. The van der Waals surface area contributed by atoms with Gasteiger partial charge in [0.25, 0.3) is 5.56 Å². The predicted molar refractivity (Wildman–Crippen MR) is 99.8 cm³/mol. The zero-order valence-corrected chi connectivity index (χ0v) is 15.2. The quantitative estimate of drug-likeness (QED) is 0.535. The van der Waals surface area contributed by atoms with Crippen LogP contribution < -0.4 is 5.56 Å². The SMILES string of the molecule is CCC(C)Sc1nc(Cc2csc3ccccc23)c(C)c(=O)[nH]1. The molecule has 0 spiro atoms. The fourth-order valence-corrected chi connectivity index (χ4v) is 4.23. The summed E-state index contributed by atoms with van der Waals surface area (Å²) in [6.07, 6.45) is 1.75. The Labute approximate surface area is 144 Å². The Bertz CT molecular complexity index is 882. The van der Waals surface area contributed by atoms with Crippen LogP contribution >= 0.6 is 23.1 Å². The number of hydrogen-bond acceptors (Lipinski definition) is 4. The standard InChI is InChI=1S/C18H20N2OS2/c1-4-11(2)23-18-19-15(12(3)17(21)20-18)9-13-10-22-16-8-6-5-7-14(13)16/h5-8,10-11H,4,9H2,1-3H3,(H,19,20,21). The highest BCUT2D eigenvalue weighted by Gasteiger charge is 2.13. The van der Waals surface area contributed by atoms with Crippen molar-refractivity contribution < 1.29 is 0 Å². The molecule has 0 bridgehead atoms. The Morgan fingerprint density at radius 2 is 2.13 bits per heavy atom. The minimum absolute atomic E-state index is 0.0275. The minimum Gasteiger partial charge on any atom is -0.301 e. The van der Waals surface area contributed by atoms with Crippen molar-refractivity contribution in [1.82, 2.24) is 9.97 Å². The molecule has 1 N–H and O–H groups in total. The molecule has 0 saturated heterocycles. The molecule has 3 rings (SSSR count). The molecule has 3 nitrogen and oxygen atoms in total. The van der Waals surface area contributed by atoms with Gasteiger partial charge in [0.2, 0.25) is 0 Å². The number of thiophene rings is 1. The van der Waals surface area contributed by atoms with E-state index in [9.17, 15) is 4.79 Å². The van der Waals surface area contributed by atoms with E-state index in [1.807, 2.05) is 6.92 Å². The molecular weight excluding hydrogens is 324 g/mol. The number of fused-ring (bicyclic) bond motifs is 1. The molecule has 3 aromatic rings. The summed E-state index contributed by atoms with van der Waals surface area (Å²) in [5.74, 6) is 0. The van der Waals surface area contributed by atoms with Crippen LogP contribution in [0.25, 0.3) is 10.1 Å². The van der Waals surface area contributed by atoms with Crippen LogP contribution in [0.15, 0.2) is 39.6 Å². The highest BCUT2D eigenvalue weighted by molar-refractivity contribution is 7.99. The topological polar surface area (TPSA) is 45.8 Å². The second-order valence-corrected chi connectivity index (χ2v) is 8.05. The molecule has 0 saturated carbocycles. The third-order valence-corrected chi connectivity index (χ3v) is 6.20. The van der Waals surface area contributed by atoms with Crippen molar-refractivity contribution in [1.29, 1.82) is 0 Å². The highest BCUT2D eigenvalue weighted by atomic mass is 32.2. The van der Waals surface area contributed by atoms with E-state index in [0.717, 1.165) is 17.3 Å². The lowest BCUT2D eigenvalue weighted by atomic mass is 10.1. The summed E-state index contributed by atoms with van der Waals surface area (Å²) < 4.78 is 1.28. The number of rotatable bonds is 5. The third-order valence-electron chi connectivity index (χ3n) is 4.04. The number of aromatic amines is 1. The van der Waals surface area contributed by atoms with E-state index in [1.165, 1.54) is 15.6 Å². The zero-order chi connectivity index (χ0) is 16.4. The predicted octanol–water partition coefficient (Wildman–Crippen LogP) is 4.77. The molecule has 1 unspecified atom stereocenters. The van der Waals surface area contributed by atoms with E-state index >= 15 is 0 Å². The van der Waals surface area contributed by atoms with Gasteiger partial charge in [0.1, 0.15) is 0 Å². The van der Waals surface area contributed by atoms with Gasteiger partial charge in [-0.25, -0.2) is 4.98 Å². The fraction of sp³-hybridized carbons (Fsp3) is 0.333. The first kappa shape index (κ1) is 16.3. The molecule has 1 aromatic carbocycles. The molecule has 0 aliphatic carbocycles. The van der Waals surface area contributed by atoms with E-state index in [0.29, 0.717) is 17.2 Å². The average molecular weight is 345 g/mol. The van der Waals surface area contributed by atoms with E-state index in [-0.39, 0.29) is 5.56 Å². The molecule has 23 heavy (non-hydrogen) atoms. The minimum atomic E-state index is -0.0275. The number of nitrogens with zero attached hydrogens (tertiary/aromatic N) is 1. The van der Waals surface area contributed by atoms with Crippen LogP contribution in [0, 0.1) is 6.92 Å². The molecule has 0 radical (unpaired) electrons. The molecule has 5 heteroatoms. The maximum atomic E-state index is 12.2. The largest absolute Gasteiger partial charge is 0.301 e. The number of hydrogen-bond donors (Lipinski definition) is 1. The fourth-order valence-electron chi connectivity index (χ4n) is 2.41. The maximum absolute atomic E-state index is 12.2. The Morgan fingerprint density at radius 3 is 2.91 bits per heavy atom. The molecule has 2 heterocycles. The highest BCUT2D eigenvalue weighted by Crippen LogP contribution is 2.28. The van der Waals surface area contributed by atoms with Crippen LogP contribution in [0.4, 0.5) is 0 Å². The summed E-state index contributed by atoms with van der Waals surface area (Å²) in [5.41, 5.74) is 2.81. The van der Waals surface area contributed by atoms with Gasteiger partial charge in [-0.05, 0) is 35.7 Å². The van der Waals surface area contributed by atoms with Crippen molar-refractivity contribution in [3.05, 3.63) is 56.8 Å². The summed E-state index contributed by atoms with van der Waals surface area (Å²) in [5, 5.41) is 4.60. The third kappa shape index (κ3) is 3.51. The lowest BCUT2D eigenvalue weighted by molar-refractivity contribution is 0.841. The summed E-state index contributed by atoms with van der Waals surface area (Å²) in [6, 6.07) is 8.38. The number of thioether (sulfide) groups is 1. The molecule has 0 aliphatic heterocycles. The molecule has 0 fully saturated rings. The van der Waals surface area contributed by atoms with E-state index in [4.69, 9.17) is 4.98 Å². The van der Waals surface area contributed by atoms with Crippen molar-refractivity contribution >= 4 is 33.2 Å². The van der Waals surface area contributed by atoms with Gasteiger partial charge in [-0.2, -0.15) is 0 Å². The Morgan fingerprint density at radius 1 is 1.35 bits per heavy atom. The van der Waals surface area contributed by atoms with Gasteiger partial charge in [-0.1, -0.05) is 43.8 Å². The molecule has 1 atom stereocenters. The van der Waals surface area contributed by atoms with Gasteiger partial charge in [0, 0.05) is 21.9 Å². The zero-order valence-electron chi connectivity index (χ0n) is 13.6. The summed E-state index contributed by atoms with van der Waals surface area (Å²) in [6.45, 7) is 6.15. The van der Waals surface area contributed by atoms with Crippen molar-refractivity contribution in [2.24, 2.45) is 0 Å². The summed E-state index contributed by atoms with van der Waals surface area (Å²) >= 11 is 3.38. The van der Waals surface area contributed by atoms with Crippen molar-refractivity contribution in [2.45, 2.75) is 44.0 Å². The van der Waals surface area contributed by atoms with E-state index in [1.54, 1.807) is 23.1 Å². The first-order valence-corrected chi connectivity index (χ1v) is 9.56. The molecule has 120 valence electrons. The van der Waals surface area contributed by atoms with Crippen LogP contribution in [0.3, 0.4) is 0 Å². The van der Waals surface area contributed by atoms with Gasteiger partial charge in [0.05, 0.1) is 5.69 Å². The molecule has 2 aromatic heterocycles. The van der Waals surface area contributed by atoms with Crippen LogP contribution in [0.1, 0.15) is 37.1 Å². The Hall–Kier alpha value is -1.59. The number of H-pyrrole nitrogens is 1. The monoisotopic (exact) mass is 344 g/mol. The number of nitrogens with one attached hydrogen (secondary N) is 1. The van der Waals surface area contributed by atoms with E-state index in [2.05, 4.69) is 48.5 Å². The van der Waals surface area contributed by atoms with E-state index < -0.39 is 0 Å². The van der Waals surface area contributed by atoms with Gasteiger partial charge in [0.15, 0.2) is 5.16 Å². The van der Waals surface area contributed by atoms with Gasteiger partial charge in [-0.15, -0.1) is 11.3 Å². The first-order valence-electron chi connectivity index (χ1n) is 7.80. The van der Waals surface area contributed by atoms with Crippen LogP contribution in [0.5, 0.6) is 0 Å². The molecule has 0 amide bonds. The van der Waals surface area contributed by atoms with Gasteiger partial charge in [-0.3, -0.25) is 4.79 Å². The van der Waals surface area contributed by atoms with Crippen molar-refractivity contribution in [3.63, 3.8) is 0 Å². The summed E-state index contributed by atoms with van der Waals surface area (Å²) in [4.78, 5) is 19.8. The van der Waals surface area contributed by atoms with Gasteiger partial charge < -0.3 is 4.98 Å². The van der Waals surface area contributed by atoms with Crippen LogP contribution in [-0.2, 0) is 6.42 Å². The second kappa shape index (κ2) is 6.89. The lowest BCUT2D eigenvalue weighted by Gasteiger charge is -2.10. The van der Waals surface area contributed by atoms with Crippen molar-refractivity contribution in [2.75, 3.05) is 0 Å². The normalized spacial score (nSPS) is 12.7. The second-order valence-electron chi connectivity index (χ2n) is 5.71. The van der Waals surface area contributed by atoms with Crippen LogP contribution in [0.2, 0.25) is 0 Å². The average Bonchev–Trinajstić information content (AvgIpc) is 2.95. The molecular formula is C18H20N2OS2. The summed E-state index contributed by atoms with van der Waals surface area (Å²) in [7, 11) is 0. The lowest BCUT2D eigenvalue weighted by Crippen LogP contribution is -2.16. The number of benzene rings is 1. The van der Waals surface area contributed by atoms with Crippen molar-refractivity contribution in [3.8, 4) is 0 Å². The first-order chi connectivity index (χ1) is 11.1. The molecule has 0 aliphatic rings. The smallest absolute Gasteiger partial charge is 0.254 e. The Balaban J connectivity index is 1.97.